The number of pyridine rings is 1. The fraction of sp³-hybridized carbons (Fsp3) is 0.200. The molecule has 0 saturated heterocycles. The third-order valence-electron chi connectivity index (χ3n) is 2.95. The first kappa shape index (κ1) is 15.1. The van der Waals surface area contributed by atoms with Crippen LogP contribution in [0.2, 0.25) is 0 Å². The van der Waals surface area contributed by atoms with Gasteiger partial charge in [0.05, 0.1) is 19.2 Å². The maximum Gasteiger partial charge on any atom is 0.260 e. The summed E-state index contributed by atoms with van der Waals surface area (Å²) in [5, 5.41) is 0. The van der Waals surface area contributed by atoms with E-state index in [4.69, 9.17) is 27.4 Å². The molecule has 1 aromatic carbocycles. The van der Waals surface area contributed by atoms with Crippen LogP contribution in [0.4, 0.5) is 0 Å². The summed E-state index contributed by atoms with van der Waals surface area (Å²) in [5.41, 5.74) is 5.64. The Balaban J connectivity index is 1.98. The van der Waals surface area contributed by atoms with E-state index in [1.807, 2.05) is 24.3 Å². The van der Waals surface area contributed by atoms with Crippen LogP contribution in [0.1, 0.15) is 5.56 Å². The lowest BCUT2D eigenvalue weighted by molar-refractivity contribution is 0.295. The van der Waals surface area contributed by atoms with E-state index >= 15 is 0 Å². The van der Waals surface area contributed by atoms with Gasteiger partial charge >= 0.3 is 0 Å². The zero-order valence-corrected chi connectivity index (χ0v) is 12.4. The van der Waals surface area contributed by atoms with Crippen molar-refractivity contribution in [3.63, 3.8) is 0 Å². The van der Waals surface area contributed by atoms with Crippen LogP contribution in [0.3, 0.4) is 0 Å². The SMILES string of the molecule is COc1ccc(OCCn2cccc(C(N)=S)c2=O)cc1. The predicted octanol–water partition coefficient (Wildman–Crippen LogP) is 1.57. The maximum absolute atomic E-state index is 12.1. The fourth-order valence-electron chi connectivity index (χ4n) is 1.83. The van der Waals surface area contributed by atoms with E-state index < -0.39 is 0 Å². The van der Waals surface area contributed by atoms with E-state index in [9.17, 15) is 4.79 Å². The van der Waals surface area contributed by atoms with Gasteiger partial charge in [0.1, 0.15) is 23.1 Å². The van der Waals surface area contributed by atoms with Gasteiger partial charge in [-0.05, 0) is 36.4 Å². The van der Waals surface area contributed by atoms with E-state index in [-0.39, 0.29) is 10.5 Å². The monoisotopic (exact) mass is 304 g/mol. The number of hydrogen-bond acceptors (Lipinski definition) is 4. The summed E-state index contributed by atoms with van der Waals surface area (Å²) in [6.45, 7) is 0.786. The Morgan fingerprint density at radius 1 is 1.24 bits per heavy atom. The van der Waals surface area contributed by atoms with Crippen LogP contribution in [0.15, 0.2) is 47.4 Å². The van der Waals surface area contributed by atoms with E-state index in [0.717, 1.165) is 5.75 Å². The van der Waals surface area contributed by atoms with Crippen molar-refractivity contribution in [2.45, 2.75) is 6.54 Å². The molecule has 2 aromatic rings. The van der Waals surface area contributed by atoms with E-state index in [0.29, 0.717) is 24.5 Å². The Kier molecular flexibility index (Phi) is 4.94. The lowest BCUT2D eigenvalue weighted by Gasteiger charge is -2.09. The van der Waals surface area contributed by atoms with Crippen molar-refractivity contribution in [2.24, 2.45) is 5.73 Å². The predicted molar refractivity (Wildman–Crippen MR) is 85.1 cm³/mol. The smallest absolute Gasteiger partial charge is 0.260 e. The average molecular weight is 304 g/mol. The van der Waals surface area contributed by atoms with Crippen molar-refractivity contribution in [3.05, 3.63) is 58.5 Å². The summed E-state index contributed by atoms with van der Waals surface area (Å²) in [6.07, 6.45) is 1.68. The number of rotatable bonds is 6. The molecule has 1 aromatic heterocycles. The van der Waals surface area contributed by atoms with E-state index in [1.165, 1.54) is 4.57 Å². The summed E-state index contributed by atoms with van der Waals surface area (Å²) < 4.78 is 12.2. The molecule has 0 fully saturated rings. The molecule has 110 valence electrons. The number of aromatic nitrogens is 1. The van der Waals surface area contributed by atoms with Crippen molar-refractivity contribution in [1.29, 1.82) is 0 Å². The first-order valence-corrected chi connectivity index (χ1v) is 6.79. The Morgan fingerprint density at radius 2 is 1.90 bits per heavy atom. The number of ether oxygens (including phenoxy) is 2. The summed E-state index contributed by atoms with van der Waals surface area (Å²) in [6, 6.07) is 10.6. The minimum absolute atomic E-state index is 0.102. The van der Waals surface area contributed by atoms with Crippen LogP contribution in [0.25, 0.3) is 0 Å². The Bertz CT molecular complexity index is 680. The highest BCUT2D eigenvalue weighted by Crippen LogP contribution is 2.16. The standard InChI is InChI=1S/C15H16N2O3S/c1-19-11-4-6-12(7-5-11)20-10-9-17-8-2-3-13(14(16)21)15(17)18/h2-8H,9-10H2,1H3,(H2,16,21). The zero-order chi connectivity index (χ0) is 15.2. The molecule has 0 radical (unpaired) electrons. The molecule has 0 bridgehead atoms. The molecule has 2 rings (SSSR count). The van der Waals surface area contributed by atoms with Crippen LogP contribution >= 0.6 is 12.2 Å². The van der Waals surface area contributed by atoms with Crippen molar-refractivity contribution in [1.82, 2.24) is 4.57 Å². The van der Waals surface area contributed by atoms with Gasteiger partial charge in [-0.2, -0.15) is 0 Å². The second-order valence-corrected chi connectivity index (χ2v) is 4.75. The molecule has 5 nitrogen and oxygen atoms in total. The van der Waals surface area contributed by atoms with E-state index in [2.05, 4.69) is 0 Å². The summed E-state index contributed by atoms with van der Waals surface area (Å²) >= 11 is 4.84. The maximum atomic E-state index is 12.1. The molecular formula is C15H16N2O3S. The molecule has 0 amide bonds. The third kappa shape index (κ3) is 3.82. The third-order valence-corrected chi connectivity index (χ3v) is 3.17. The lowest BCUT2D eigenvalue weighted by atomic mass is 10.3. The van der Waals surface area contributed by atoms with E-state index in [1.54, 1.807) is 25.4 Å². The molecule has 1 heterocycles. The van der Waals surface area contributed by atoms with Gasteiger partial charge < -0.3 is 19.8 Å². The van der Waals surface area contributed by atoms with Gasteiger partial charge in [0, 0.05) is 6.20 Å². The van der Waals surface area contributed by atoms with Crippen LogP contribution in [0, 0.1) is 0 Å². The van der Waals surface area contributed by atoms with Gasteiger partial charge in [-0.15, -0.1) is 0 Å². The van der Waals surface area contributed by atoms with Gasteiger partial charge in [0.15, 0.2) is 0 Å². The van der Waals surface area contributed by atoms with Crippen LogP contribution in [-0.2, 0) is 6.54 Å². The normalized spacial score (nSPS) is 10.1. The summed E-state index contributed by atoms with van der Waals surface area (Å²) in [5.74, 6) is 1.48. The fourth-order valence-corrected chi connectivity index (χ4v) is 1.99. The Labute approximate surface area is 127 Å². The van der Waals surface area contributed by atoms with Crippen LogP contribution < -0.4 is 20.8 Å². The molecule has 21 heavy (non-hydrogen) atoms. The molecular weight excluding hydrogens is 288 g/mol. The largest absolute Gasteiger partial charge is 0.497 e. The second kappa shape index (κ2) is 6.90. The zero-order valence-electron chi connectivity index (χ0n) is 11.6. The lowest BCUT2D eigenvalue weighted by Crippen LogP contribution is -2.29. The van der Waals surface area contributed by atoms with Crippen molar-refractivity contribution >= 4 is 17.2 Å². The van der Waals surface area contributed by atoms with Gasteiger partial charge in [-0.1, -0.05) is 12.2 Å². The molecule has 0 saturated carbocycles. The molecule has 0 atom stereocenters. The number of thiocarbonyl (C=S) groups is 1. The topological polar surface area (TPSA) is 66.5 Å². The van der Waals surface area contributed by atoms with Gasteiger partial charge in [0.25, 0.3) is 5.56 Å². The Morgan fingerprint density at radius 3 is 2.52 bits per heavy atom. The molecule has 6 heteroatoms. The van der Waals surface area contributed by atoms with Crippen molar-refractivity contribution < 1.29 is 9.47 Å². The Hall–Kier alpha value is -2.34. The van der Waals surface area contributed by atoms with Crippen molar-refractivity contribution in [2.75, 3.05) is 13.7 Å². The summed E-state index contributed by atoms with van der Waals surface area (Å²) in [7, 11) is 1.61. The number of hydrogen-bond donors (Lipinski definition) is 1. The molecule has 2 N–H and O–H groups in total. The van der Waals surface area contributed by atoms with Gasteiger partial charge in [-0.25, -0.2) is 0 Å². The van der Waals surface area contributed by atoms with Crippen molar-refractivity contribution in [3.8, 4) is 11.5 Å². The quantitative estimate of drug-likeness (QED) is 0.821. The highest BCUT2D eigenvalue weighted by atomic mass is 32.1. The molecule has 0 aliphatic carbocycles. The molecule has 0 unspecified atom stereocenters. The number of nitrogens with two attached hydrogens (primary N) is 1. The number of benzene rings is 1. The highest BCUT2D eigenvalue weighted by molar-refractivity contribution is 7.80. The minimum Gasteiger partial charge on any atom is -0.497 e. The number of methoxy groups -OCH3 is 1. The van der Waals surface area contributed by atoms with Gasteiger partial charge in [-0.3, -0.25) is 4.79 Å². The first-order valence-electron chi connectivity index (χ1n) is 6.38. The van der Waals surface area contributed by atoms with Gasteiger partial charge in [0.2, 0.25) is 0 Å². The molecule has 0 aliphatic rings. The highest BCUT2D eigenvalue weighted by Gasteiger charge is 2.05. The molecule has 0 aliphatic heterocycles. The number of nitrogens with zero attached hydrogens (tertiary/aromatic N) is 1. The minimum atomic E-state index is -0.205. The van der Waals surface area contributed by atoms with Crippen LogP contribution in [-0.4, -0.2) is 23.3 Å². The van der Waals surface area contributed by atoms with Crippen LogP contribution in [0.5, 0.6) is 11.5 Å². The second-order valence-electron chi connectivity index (χ2n) is 4.31. The average Bonchev–Trinajstić information content (AvgIpc) is 2.49. The molecule has 0 spiro atoms. The summed E-state index contributed by atoms with van der Waals surface area (Å²) in [4.78, 5) is 12.2. The first-order chi connectivity index (χ1) is 10.1.